The van der Waals surface area contributed by atoms with Gasteiger partial charge in [0.05, 0.1) is 5.56 Å². The van der Waals surface area contributed by atoms with E-state index in [0.29, 0.717) is 17.4 Å². The Morgan fingerprint density at radius 2 is 2.06 bits per heavy atom. The lowest BCUT2D eigenvalue weighted by Crippen LogP contribution is -2.05. The zero-order valence-electron chi connectivity index (χ0n) is 10.00. The number of aromatic nitrogens is 3. The first kappa shape index (κ1) is 11.0. The summed E-state index contributed by atoms with van der Waals surface area (Å²) >= 11 is 0. The molecular formula is C13H13N3O2. The molecule has 1 fully saturated rings. The van der Waals surface area contributed by atoms with Gasteiger partial charge in [-0.05, 0) is 25.8 Å². The van der Waals surface area contributed by atoms with Crippen molar-refractivity contribution in [2.75, 3.05) is 0 Å². The van der Waals surface area contributed by atoms with Gasteiger partial charge in [-0.3, -0.25) is 0 Å². The summed E-state index contributed by atoms with van der Waals surface area (Å²) in [5, 5.41) is 17.4. The third-order valence-corrected chi connectivity index (χ3v) is 3.18. The molecule has 0 amide bonds. The normalized spacial score (nSPS) is 14.7. The summed E-state index contributed by atoms with van der Waals surface area (Å²) in [6, 6.07) is 7.35. The predicted molar refractivity (Wildman–Crippen MR) is 65.4 cm³/mol. The van der Waals surface area contributed by atoms with Crippen LogP contribution in [-0.2, 0) is 0 Å². The van der Waals surface area contributed by atoms with Crippen molar-refractivity contribution < 1.29 is 9.90 Å². The highest BCUT2D eigenvalue weighted by atomic mass is 16.4. The van der Waals surface area contributed by atoms with E-state index in [0.717, 1.165) is 18.7 Å². The molecule has 0 bridgehead atoms. The van der Waals surface area contributed by atoms with Crippen molar-refractivity contribution in [3.8, 4) is 11.4 Å². The Bertz CT molecular complexity index is 614. The lowest BCUT2D eigenvalue weighted by molar-refractivity contribution is 0.0697. The largest absolute Gasteiger partial charge is 0.478 e. The fourth-order valence-corrected chi connectivity index (χ4v) is 2.19. The Balaban J connectivity index is 2.18. The summed E-state index contributed by atoms with van der Waals surface area (Å²) in [7, 11) is 0. The molecule has 1 saturated carbocycles. The van der Waals surface area contributed by atoms with Crippen molar-refractivity contribution >= 4 is 5.97 Å². The average molecular weight is 243 g/mol. The number of benzene rings is 1. The lowest BCUT2D eigenvalue weighted by Gasteiger charge is -2.08. The van der Waals surface area contributed by atoms with Gasteiger partial charge in [0, 0.05) is 11.6 Å². The van der Waals surface area contributed by atoms with Gasteiger partial charge in [-0.2, -0.15) is 0 Å². The van der Waals surface area contributed by atoms with Crippen molar-refractivity contribution in [2.24, 2.45) is 0 Å². The number of carboxylic acids is 1. The maximum Gasteiger partial charge on any atom is 0.336 e. The van der Waals surface area contributed by atoms with E-state index in [1.807, 2.05) is 17.6 Å². The van der Waals surface area contributed by atoms with Crippen LogP contribution in [0, 0.1) is 6.92 Å². The van der Waals surface area contributed by atoms with Crippen molar-refractivity contribution in [3.63, 3.8) is 0 Å². The van der Waals surface area contributed by atoms with Crippen LogP contribution in [0.25, 0.3) is 11.4 Å². The zero-order chi connectivity index (χ0) is 12.7. The van der Waals surface area contributed by atoms with Gasteiger partial charge in [0.15, 0.2) is 5.82 Å². The van der Waals surface area contributed by atoms with Gasteiger partial charge in [0.2, 0.25) is 0 Å². The summed E-state index contributed by atoms with van der Waals surface area (Å²) < 4.78 is 2.04. The first-order valence-corrected chi connectivity index (χ1v) is 5.92. The van der Waals surface area contributed by atoms with E-state index in [4.69, 9.17) is 0 Å². The fraction of sp³-hybridized carbons (Fsp3) is 0.308. The van der Waals surface area contributed by atoms with Crippen molar-refractivity contribution in [1.29, 1.82) is 0 Å². The van der Waals surface area contributed by atoms with Crippen LogP contribution in [0.15, 0.2) is 24.3 Å². The van der Waals surface area contributed by atoms with E-state index in [1.165, 1.54) is 0 Å². The summed E-state index contributed by atoms with van der Waals surface area (Å²) in [4.78, 5) is 11.2. The molecule has 92 valence electrons. The number of carbonyl (C=O) groups is 1. The summed E-state index contributed by atoms with van der Waals surface area (Å²) in [6.07, 6.45) is 2.22. The van der Waals surface area contributed by atoms with Gasteiger partial charge in [0.25, 0.3) is 0 Å². The van der Waals surface area contributed by atoms with Crippen molar-refractivity contribution in [1.82, 2.24) is 14.8 Å². The molecule has 1 aliphatic carbocycles. The molecule has 0 spiro atoms. The van der Waals surface area contributed by atoms with E-state index in [1.54, 1.807) is 18.2 Å². The second-order valence-corrected chi connectivity index (χ2v) is 4.52. The van der Waals surface area contributed by atoms with Crippen LogP contribution in [0.4, 0.5) is 0 Å². The second-order valence-electron chi connectivity index (χ2n) is 4.52. The van der Waals surface area contributed by atoms with Gasteiger partial charge in [-0.25, -0.2) is 4.79 Å². The van der Waals surface area contributed by atoms with Crippen LogP contribution >= 0.6 is 0 Å². The van der Waals surface area contributed by atoms with Crippen molar-refractivity contribution in [2.45, 2.75) is 25.8 Å². The lowest BCUT2D eigenvalue weighted by atomic mass is 10.1. The summed E-state index contributed by atoms with van der Waals surface area (Å²) in [5.41, 5.74) is 0.907. The topological polar surface area (TPSA) is 68.0 Å². The predicted octanol–water partition coefficient (Wildman–Crippen LogP) is 2.29. The average Bonchev–Trinajstić information content (AvgIpc) is 3.12. The fourth-order valence-electron chi connectivity index (χ4n) is 2.19. The summed E-state index contributed by atoms with van der Waals surface area (Å²) in [5.74, 6) is 0.564. The highest BCUT2D eigenvalue weighted by molar-refractivity contribution is 5.95. The Hall–Kier alpha value is -2.17. The molecular weight excluding hydrogens is 230 g/mol. The van der Waals surface area contributed by atoms with Crippen LogP contribution in [0.5, 0.6) is 0 Å². The molecule has 1 aromatic heterocycles. The molecule has 0 atom stereocenters. The van der Waals surface area contributed by atoms with E-state index in [9.17, 15) is 9.90 Å². The third kappa shape index (κ3) is 1.68. The minimum absolute atomic E-state index is 0.270. The molecule has 0 radical (unpaired) electrons. The molecule has 2 aromatic rings. The third-order valence-electron chi connectivity index (χ3n) is 3.18. The first-order chi connectivity index (χ1) is 8.68. The number of carboxylic acid groups (broad SMARTS) is 1. The molecule has 1 N–H and O–H groups in total. The van der Waals surface area contributed by atoms with Crippen molar-refractivity contribution in [3.05, 3.63) is 35.7 Å². The van der Waals surface area contributed by atoms with E-state index >= 15 is 0 Å². The molecule has 5 nitrogen and oxygen atoms in total. The second kappa shape index (κ2) is 3.94. The molecule has 0 unspecified atom stereocenters. The van der Waals surface area contributed by atoms with Gasteiger partial charge >= 0.3 is 5.97 Å². The molecule has 3 rings (SSSR count). The van der Waals surface area contributed by atoms with Crippen LogP contribution in [-0.4, -0.2) is 25.8 Å². The minimum Gasteiger partial charge on any atom is -0.478 e. The smallest absolute Gasteiger partial charge is 0.336 e. The maximum atomic E-state index is 11.2. The molecule has 5 heteroatoms. The van der Waals surface area contributed by atoms with E-state index in [2.05, 4.69) is 10.2 Å². The Morgan fingerprint density at radius 1 is 1.33 bits per heavy atom. The molecule has 1 aliphatic rings. The highest BCUT2D eigenvalue weighted by Gasteiger charge is 2.29. The van der Waals surface area contributed by atoms with Gasteiger partial charge in [-0.1, -0.05) is 18.2 Å². The maximum absolute atomic E-state index is 11.2. The number of aryl methyl sites for hydroxylation is 1. The molecule has 1 aromatic carbocycles. The SMILES string of the molecule is Cc1nnc(-c2ccccc2C(=O)O)n1C1CC1. The van der Waals surface area contributed by atoms with E-state index < -0.39 is 5.97 Å². The first-order valence-electron chi connectivity index (χ1n) is 5.92. The Labute approximate surface area is 104 Å². The standard InChI is InChI=1S/C13H13N3O2/c1-8-14-15-12(16(8)9-6-7-9)10-4-2-3-5-11(10)13(17)18/h2-5,9H,6-7H2,1H3,(H,17,18). The van der Waals surface area contributed by atoms with Gasteiger partial charge in [-0.15, -0.1) is 10.2 Å². The quantitative estimate of drug-likeness (QED) is 0.898. The van der Waals surface area contributed by atoms with E-state index in [-0.39, 0.29) is 5.56 Å². The van der Waals surface area contributed by atoms with Gasteiger partial charge in [0.1, 0.15) is 5.82 Å². The number of nitrogens with zero attached hydrogens (tertiary/aromatic N) is 3. The van der Waals surface area contributed by atoms with Crippen LogP contribution < -0.4 is 0 Å². The number of aromatic carboxylic acids is 1. The molecule has 0 saturated heterocycles. The molecule has 1 heterocycles. The van der Waals surface area contributed by atoms with Gasteiger partial charge < -0.3 is 9.67 Å². The Morgan fingerprint density at radius 3 is 2.72 bits per heavy atom. The monoisotopic (exact) mass is 243 g/mol. The molecule has 18 heavy (non-hydrogen) atoms. The Kier molecular flexibility index (Phi) is 2.40. The highest BCUT2D eigenvalue weighted by Crippen LogP contribution is 2.39. The molecule has 0 aliphatic heterocycles. The summed E-state index contributed by atoms with van der Waals surface area (Å²) in [6.45, 7) is 1.90. The number of hydrogen-bond acceptors (Lipinski definition) is 3. The van der Waals surface area contributed by atoms with Crippen LogP contribution in [0.1, 0.15) is 35.1 Å². The number of rotatable bonds is 3. The van der Waals surface area contributed by atoms with Crippen LogP contribution in [0.3, 0.4) is 0 Å². The number of hydrogen-bond donors (Lipinski definition) is 1. The minimum atomic E-state index is -0.936. The van der Waals surface area contributed by atoms with Crippen LogP contribution in [0.2, 0.25) is 0 Å². The zero-order valence-corrected chi connectivity index (χ0v) is 10.00.